The highest BCUT2D eigenvalue weighted by atomic mass is 19.4. The lowest BCUT2D eigenvalue weighted by Crippen LogP contribution is -2.43. The molecule has 14 heavy (non-hydrogen) atoms. The Hall–Kier alpha value is -0.840. The van der Waals surface area contributed by atoms with Gasteiger partial charge in [-0.3, -0.25) is 0 Å². The van der Waals surface area contributed by atoms with E-state index in [2.05, 4.69) is 0 Å². The molecule has 0 radical (unpaired) electrons. The van der Waals surface area contributed by atoms with E-state index in [0.29, 0.717) is 0 Å². The number of alkyl halides is 4. The van der Waals surface area contributed by atoms with Gasteiger partial charge in [-0.05, 0) is 13.0 Å². The summed E-state index contributed by atoms with van der Waals surface area (Å²) >= 11 is 0. The van der Waals surface area contributed by atoms with Crippen molar-refractivity contribution in [2.75, 3.05) is 0 Å². The highest BCUT2D eigenvalue weighted by Gasteiger charge is 2.42. The monoisotopic (exact) mass is 209 g/mol. The fraction of sp³-hybridized carbons (Fsp3) is 0.556. The summed E-state index contributed by atoms with van der Waals surface area (Å²) in [6.07, 6.45) is -2.16. The van der Waals surface area contributed by atoms with Crippen molar-refractivity contribution >= 4 is 0 Å². The molecule has 1 nitrogen and oxygen atoms in total. The summed E-state index contributed by atoms with van der Waals surface area (Å²) in [7, 11) is 0. The molecule has 1 aliphatic rings. The van der Waals surface area contributed by atoms with E-state index in [-0.39, 0.29) is 0 Å². The van der Waals surface area contributed by atoms with Crippen molar-refractivity contribution in [1.29, 1.82) is 0 Å². The Morgan fingerprint density at radius 1 is 1.50 bits per heavy atom. The van der Waals surface area contributed by atoms with Gasteiger partial charge in [-0.2, -0.15) is 13.2 Å². The van der Waals surface area contributed by atoms with Crippen LogP contribution >= 0.6 is 0 Å². The Morgan fingerprint density at radius 3 is 2.50 bits per heavy atom. The Bertz CT molecular complexity index is 277. The van der Waals surface area contributed by atoms with Gasteiger partial charge in [0.25, 0.3) is 0 Å². The van der Waals surface area contributed by atoms with Crippen molar-refractivity contribution in [3.05, 3.63) is 23.8 Å². The third kappa shape index (κ3) is 2.15. The predicted molar refractivity (Wildman–Crippen MR) is 45.4 cm³/mol. The van der Waals surface area contributed by atoms with Gasteiger partial charge in [-0.1, -0.05) is 12.2 Å². The average Bonchev–Trinajstić information content (AvgIpc) is 2.02. The first-order valence-electron chi connectivity index (χ1n) is 4.16. The molecule has 0 aromatic heterocycles. The molecule has 1 rings (SSSR count). The summed E-state index contributed by atoms with van der Waals surface area (Å²) in [6, 6.07) is -0.954. The standard InChI is InChI=1S/C9H11F4N/c1-6(14)8(10)4-2-3-7(5-8)9(11,12)13/h2-4,6H,5,14H2,1H3/t6-,8?/m1/s1. The maximum Gasteiger partial charge on any atom is 0.412 e. The predicted octanol–water partition coefficient (Wildman–Crippen LogP) is 2.49. The average molecular weight is 209 g/mol. The van der Waals surface area contributed by atoms with E-state index in [9.17, 15) is 17.6 Å². The quantitative estimate of drug-likeness (QED) is 0.659. The Kier molecular flexibility index (Phi) is 2.71. The molecule has 2 atom stereocenters. The number of hydrogen-bond donors (Lipinski definition) is 1. The second-order valence-electron chi connectivity index (χ2n) is 3.44. The van der Waals surface area contributed by atoms with Crippen LogP contribution in [0.1, 0.15) is 13.3 Å². The van der Waals surface area contributed by atoms with Gasteiger partial charge >= 0.3 is 6.18 Å². The molecule has 0 aliphatic heterocycles. The van der Waals surface area contributed by atoms with E-state index >= 15 is 0 Å². The van der Waals surface area contributed by atoms with Crippen LogP contribution in [0.5, 0.6) is 0 Å². The van der Waals surface area contributed by atoms with Crippen LogP contribution in [0.25, 0.3) is 0 Å². The fourth-order valence-electron chi connectivity index (χ4n) is 1.24. The van der Waals surface area contributed by atoms with Crippen molar-refractivity contribution in [3.63, 3.8) is 0 Å². The van der Waals surface area contributed by atoms with Crippen LogP contribution in [0.15, 0.2) is 23.8 Å². The van der Waals surface area contributed by atoms with Crippen LogP contribution in [0.4, 0.5) is 17.6 Å². The van der Waals surface area contributed by atoms with Crippen LogP contribution in [-0.4, -0.2) is 17.9 Å². The lowest BCUT2D eigenvalue weighted by Gasteiger charge is -2.29. The maximum absolute atomic E-state index is 13.7. The highest BCUT2D eigenvalue weighted by molar-refractivity contribution is 5.29. The zero-order valence-corrected chi connectivity index (χ0v) is 7.61. The van der Waals surface area contributed by atoms with Gasteiger partial charge in [0.1, 0.15) is 5.67 Å². The molecule has 5 heteroatoms. The zero-order chi connectivity index (χ0) is 11.0. The molecule has 80 valence electrons. The maximum atomic E-state index is 13.7. The third-order valence-electron chi connectivity index (χ3n) is 2.25. The topological polar surface area (TPSA) is 26.0 Å². The molecule has 0 aromatic carbocycles. The number of allylic oxidation sites excluding steroid dienone is 3. The Morgan fingerprint density at radius 2 is 2.07 bits per heavy atom. The van der Waals surface area contributed by atoms with E-state index in [1.165, 1.54) is 6.92 Å². The van der Waals surface area contributed by atoms with E-state index in [0.717, 1.165) is 18.2 Å². The minimum Gasteiger partial charge on any atom is -0.325 e. The summed E-state index contributed by atoms with van der Waals surface area (Å²) in [6.45, 7) is 1.35. The SMILES string of the molecule is C[C@@H](N)C1(F)C=CC=C(C(F)(F)F)C1. The first kappa shape index (κ1) is 11.2. The van der Waals surface area contributed by atoms with Crippen LogP contribution in [0.3, 0.4) is 0 Å². The van der Waals surface area contributed by atoms with Crippen LogP contribution in [0, 0.1) is 0 Å². The zero-order valence-electron chi connectivity index (χ0n) is 7.61. The van der Waals surface area contributed by atoms with Gasteiger partial charge in [0, 0.05) is 18.0 Å². The lowest BCUT2D eigenvalue weighted by molar-refractivity contribution is -0.0979. The summed E-state index contributed by atoms with van der Waals surface area (Å²) in [5.41, 5.74) is 2.33. The summed E-state index contributed by atoms with van der Waals surface area (Å²) in [4.78, 5) is 0. The second kappa shape index (κ2) is 3.38. The van der Waals surface area contributed by atoms with E-state index in [4.69, 9.17) is 5.73 Å². The smallest absolute Gasteiger partial charge is 0.325 e. The van der Waals surface area contributed by atoms with E-state index < -0.39 is 29.9 Å². The molecule has 0 saturated carbocycles. The molecule has 0 bridgehead atoms. The van der Waals surface area contributed by atoms with E-state index in [1.54, 1.807) is 0 Å². The summed E-state index contributed by atoms with van der Waals surface area (Å²) < 4.78 is 50.4. The van der Waals surface area contributed by atoms with Gasteiger partial charge < -0.3 is 5.73 Å². The highest BCUT2D eigenvalue weighted by Crippen LogP contribution is 2.37. The molecule has 0 heterocycles. The fourth-order valence-corrected chi connectivity index (χ4v) is 1.24. The molecule has 0 saturated heterocycles. The van der Waals surface area contributed by atoms with Gasteiger partial charge in [0.2, 0.25) is 0 Å². The minimum atomic E-state index is -4.48. The van der Waals surface area contributed by atoms with Crippen LogP contribution in [-0.2, 0) is 0 Å². The minimum absolute atomic E-state index is 0.704. The number of rotatable bonds is 1. The summed E-state index contributed by atoms with van der Waals surface area (Å²) in [5, 5.41) is 0. The first-order chi connectivity index (χ1) is 6.26. The third-order valence-corrected chi connectivity index (χ3v) is 2.25. The largest absolute Gasteiger partial charge is 0.412 e. The van der Waals surface area contributed by atoms with Gasteiger partial charge in [-0.15, -0.1) is 0 Å². The Labute approximate surface area is 79.3 Å². The molecule has 0 aromatic rings. The van der Waals surface area contributed by atoms with Crippen molar-refractivity contribution in [1.82, 2.24) is 0 Å². The van der Waals surface area contributed by atoms with Crippen molar-refractivity contribution < 1.29 is 17.6 Å². The van der Waals surface area contributed by atoms with Gasteiger partial charge in [0.15, 0.2) is 0 Å². The molecule has 1 unspecified atom stereocenters. The number of nitrogens with two attached hydrogens (primary N) is 1. The van der Waals surface area contributed by atoms with Crippen LogP contribution < -0.4 is 5.73 Å². The Balaban J connectivity index is 2.89. The molecule has 2 N–H and O–H groups in total. The summed E-state index contributed by atoms with van der Waals surface area (Å²) in [5.74, 6) is 0. The molecular formula is C9H11F4N. The second-order valence-corrected chi connectivity index (χ2v) is 3.44. The lowest BCUT2D eigenvalue weighted by atomic mass is 9.86. The number of halogens is 4. The first-order valence-corrected chi connectivity index (χ1v) is 4.16. The molecule has 0 amide bonds. The van der Waals surface area contributed by atoms with Gasteiger partial charge in [0.05, 0.1) is 0 Å². The molecular weight excluding hydrogens is 198 g/mol. The molecule has 1 aliphatic carbocycles. The number of hydrogen-bond acceptors (Lipinski definition) is 1. The van der Waals surface area contributed by atoms with Crippen molar-refractivity contribution in [2.45, 2.75) is 31.2 Å². The molecule has 0 fully saturated rings. The van der Waals surface area contributed by atoms with Gasteiger partial charge in [-0.25, -0.2) is 4.39 Å². The van der Waals surface area contributed by atoms with Crippen molar-refractivity contribution in [2.24, 2.45) is 5.73 Å². The van der Waals surface area contributed by atoms with Crippen LogP contribution in [0.2, 0.25) is 0 Å². The normalized spacial score (nSPS) is 30.0. The van der Waals surface area contributed by atoms with E-state index in [1.807, 2.05) is 0 Å². The molecule has 0 spiro atoms. The van der Waals surface area contributed by atoms with Crippen molar-refractivity contribution in [3.8, 4) is 0 Å².